The number of carbonyl (C=O) groups excluding carboxylic acids is 1. The fourth-order valence-electron chi connectivity index (χ4n) is 2.19. The first-order chi connectivity index (χ1) is 7.70. The number of nitrogens with zero attached hydrogens (tertiary/aromatic N) is 2. The maximum Gasteiger partial charge on any atom is 0.326 e. The average Bonchev–Trinajstić information content (AvgIpc) is 2.78. The van der Waals surface area contributed by atoms with Gasteiger partial charge in [0.1, 0.15) is 6.04 Å². The summed E-state index contributed by atoms with van der Waals surface area (Å²) in [6, 6.07) is -0.802. The number of ether oxygens (including phenoxy) is 1. The summed E-state index contributed by atoms with van der Waals surface area (Å²) < 4.78 is 5.16. The van der Waals surface area contributed by atoms with Crippen LogP contribution in [-0.2, 0) is 9.53 Å². The summed E-state index contributed by atoms with van der Waals surface area (Å²) in [6.45, 7) is 2.74. The molecular formula is C10H16N2O4. The van der Waals surface area contributed by atoms with E-state index in [1.807, 2.05) is 0 Å². The maximum absolute atomic E-state index is 12.0. The van der Waals surface area contributed by atoms with Crippen molar-refractivity contribution < 1.29 is 19.4 Å². The van der Waals surface area contributed by atoms with E-state index in [1.165, 1.54) is 4.90 Å². The average molecular weight is 228 g/mol. The number of rotatable bonds is 1. The minimum atomic E-state index is -0.904. The van der Waals surface area contributed by atoms with E-state index in [4.69, 9.17) is 9.84 Å². The van der Waals surface area contributed by atoms with Crippen LogP contribution in [-0.4, -0.2) is 65.8 Å². The zero-order chi connectivity index (χ0) is 11.5. The molecule has 2 saturated heterocycles. The van der Waals surface area contributed by atoms with Crippen LogP contribution >= 0.6 is 0 Å². The van der Waals surface area contributed by atoms with Gasteiger partial charge < -0.3 is 19.6 Å². The van der Waals surface area contributed by atoms with Crippen molar-refractivity contribution >= 4 is 12.0 Å². The van der Waals surface area contributed by atoms with Crippen molar-refractivity contribution in [2.45, 2.75) is 18.9 Å². The van der Waals surface area contributed by atoms with Crippen molar-refractivity contribution in [3.63, 3.8) is 0 Å². The van der Waals surface area contributed by atoms with Gasteiger partial charge in [-0.2, -0.15) is 0 Å². The highest BCUT2D eigenvalue weighted by atomic mass is 16.5. The molecule has 0 aromatic heterocycles. The molecule has 0 aromatic carbocycles. The van der Waals surface area contributed by atoms with E-state index in [2.05, 4.69) is 0 Å². The number of aliphatic carboxylic acids is 1. The molecule has 90 valence electrons. The molecule has 2 aliphatic rings. The molecule has 0 radical (unpaired) electrons. The summed E-state index contributed by atoms with van der Waals surface area (Å²) in [7, 11) is 0. The third kappa shape index (κ3) is 2.11. The Morgan fingerprint density at radius 1 is 1.19 bits per heavy atom. The minimum Gasteiger partial charge on any atom is -0.480 e. The Balaban J connectivity index is 1.99. The molecule has 2 heterocycles. The zero-order valence-electron chi connectivity index (χ0n) is 9.09. The molecule has 2 fully saturated rings. The molecule has 0 saturated carbocycles. The van der Waals surface area contributed by atoms with Crippen molar-refractivity contribution in [2.75, 3.05) is 32.8 Å². The largest absolute Gasteiger partial charge is 0.480 e. The molecule has 2 rings (SSSR count). The molecule has 0 unspecified atom stereocenters. The van der Waals surface area contributed by atoms with Gasteiger partial charge >= 0.3 is 12.0 Å². The van der Waals surface area contributed by atoms with Crippen LogP contribution in [0.1, 0.15) is 12.8 Å². The van der Waals surface area contributed by atoms with E-state index < -0.39 is 12.0 Å². The van der Waals surface area contributed by atoms with Crippen molar-refractivity contribution in [1.29, 1.82) is 0 Å². The van der Waals surface area contributed by atoms with E-state index in [1.54, 1.807) is 4.90 Å². The van der Waals surface area contributed by atoms with Gasteiger partial charge in [-0.05, 0) is 12.8 Å². The van der Waals surface area contributed by atoms with Crippen molar-refractivity contribution in [2.24, 2.45) is 0 Å². The molecular weight excluding hydrogens is 212 g/mol. The summed E-state index contributed by atoms with van der Waals surface area (Å²) in [5.41, 5.74) is 0. The molecule has 0 aliphatic carbocycles. The highest BCUT2D eigenvalue weighted by molar-refractivity contribution is 5.83. The summed E-state index contributed by atoms with van der Waals surface area (Å²) >= 11 is 0. The number of morpholine rings is 1. The summed E-state index contributed by atoms with van der Waals surface area (Å²) in [5.74, 6) is -0.904. The minimum absolute atomic E-state index is 0.159. The van der Waals surface area contributed by atoms with E-state index in [0.717, 1.165) is 6.42 Å². The lowest BCUT2D eigenvalue weighted by molar-refractivity contribution is -0.141. The topological polar surface area (TPSA) is 70.1 Å². The molecule has 1 atom stereocenters. The lowest BCUT2D eigenvalue weighted by atomic mass is 10.2. The SMILES string of the molecule is O=C(O)[C@H]1CCCN1C(=O)N1CCOCC1. The normalized spacial score (nSPS) is 25.9. The third-order valence-electron chi connectivity index (χ3n) is 3.07. The fourth-order valence-corrected chi connectivity index (χ4v) is 2.19. The van der Waals surface area contributed by atoms with E-state index in [-0.39, 0.29) is 6.03 Å². The van der Waals surface area contributed by atoms with Crippen LogP contribution in [0.15, 0.2) is 0 Å². The molecule has 16 heavy (non-hydrogen) atoms. The number of likely N-dealkylation sites (tertiary alicyclic amines) is 1. The van der Waals surface area contributed by atoms with E-state index in [0.29, 0.717) is 39.3 Å². The van der Waals surface area contributed by atoms with Crippen LogP contribution in [0.3, 0.4) is 0 Å². The molecule has 0 spiro atoms. The van der Waals surface area contributed by atoms with Crippen LogP contribution in [0.4, 0.5) is 4.79 Å². The number of amides is 2. The molecule has 0 bridgehead atoms. The van der Waals surface area contributed by atoms with Gasteiger partial charge in [-0.15, -0.1) is 0 Å². The number of carboxylic acid groups (broad SMARTS) is 1. The smallest absolute Gasteiger partial charge is 0.326 e. The van der Waals surface area contributed by atoms with Gasteiger partial charge in [0.05, 0.1) is 13.2 Å². The van der Waals surface area contributed by atoms with Crippen molar-refractivity contribution in [1.82, 2.24) is 9.80 Å². The van der Waals surface area contributed by atoms with Crippen molar-refractivity contribution in [3.8, 4) is 0 Å². The predicted octanol–water partition coefficient (Wildman–Crippen LogP) is -0.0124. The molecule has 0 aromatic rings. The Kier molecular flexibility index (Phi) is 3.28. The van der Waals surface area contributed by atoms with E-state index in [9.17, 15) is 9.59 Å². The Hall–Kier alpha value is -1.30. The molecule has 2 aliphatic heterocycles. The van der Waals surface area contributed by atoms with Crippen LogP contribution in [0, 0.1) is 0 Å². The van der Waals surface area contributed by atoms with Crippen LogP contribution in [0.25, 0.3) is 0 Å². The fraction of sp³-hybridized carbons (Fsp3) is 0.800. The Morgan fingerprint density at radius 3 is 2.50 bits per heavy atom. The maximum atomic E-state index is 12.0. The monoisotopic (exact) mass is 228 g/mol. The Morgan fingerprint density at radius 2 is 1.88 bits per heavy atom. The first kappa shape index (κ1) is 11.2. The molecule has 6 heteroatoms. The second kappa shape index (κ2) is 4.69. The van der Waals surface area contributed by atoms with Crippen LogP contribution < -0.4 is 0 Å². The standard InChI is InChI=1S/C10H16N2O4/c13-9(14)8-2-1-3-12(8)10(15)11-4-6-16-7-5-11/h8H,1-7H2,(H,13,14)/t8-/m1/s1. The summed E-state index contributed by atoms with van der Waals surface area (Å²) in [6.07, 6.45) is 1.33. The molecule has 2 amide bonds. The van der Waals surface area contributed by atoms with Crippen LogP contribution in [0.2, 0.25) is 0 Å². The summed E-state index contributed by atoms with van der Waals surface area (Å²) in [5, 5.41) is 8.99. The first-order valence-electron chi connectivity index (χ1n) is 5.56. The Bertz CT molecular complexity index is 289. The number of urea groups is 1. The van der Waals surface area contributed by atoms with E-state index >= 15 is 0 Å². The highest BCUT2D eigenvalue weighted by Gasteiger charge is 2.36. The van der Waals surface area contributed by atoms with Crippen molar-refractivity contribution in [3.05, 3.63) is 0 Å². The predicted molar refractivity (Wildman–Crippen MR) is 55.2 cm³/mol. The van der Waals surface area contributed by atoms with Gasteiger partial charge in [0.2, 0.25) is 0 Å². The molecule has 1 N–H and O–H groups in total. The second-order valence-corrected chi connectivity index (χ2v) is 4.07. The van der Waals surface area contributed by atoms with Gasteiger partial charge in [0, 0.05) is 19.6 Å². The number of carboxylic acids is 1. The van der Waals surface area contributed by atoms with Crippen LogP contribution in [0.5, 0.6) is 0 Å². The highest BCUT2D eigenvalue weighted by Crippen LogP contribution is 2.19. The quantitative estimate of drug-likeness (QED) is 0.685. The number of carbonyl (C=O) groups is 2. The lowest BCUT2D eigenvalue weighted by Crippen LogP contribution is -2.51. The molecule has 6 nitrogen and oxygen atoms in total. The number of hydrogen-bond acceptors (Lipinski definition) is 3. The second-order valence-electron chi connectivity index (χ2n) is 4.07. The van der Waals surface area contributed by atoms with Gasteiger partial charge in [-0.3, -0.25) is 0 Å². The van der Waals surface area contributed by atoms with Gasteiger partial charge in [-0.1, -0.05) is 0 Å². The Labute approximate surface area is 93.8 Å². The lowest BCUT2D eigenvalue weighted by Gasteiger charge is -2.32. The first-order valence-corrected chi connectivity index (χ1v) is 5.56. The van der Waals surface area contributed by atoms with Gasteiger partial charge in [-0.25, -0.2) is 9.59 Å². The zero-order valence-corrected chi connectivity index (χ0v) is 9.09. The van der Waals surface area contributed by atoms with Gasteiger partial charge in [0.15, 0.2) is 0 Å². The summed E-state index contributed by atoms with van der Waals surface area (Å²) in [4.78, 5) is 26.1. The van der Waals surface area contributed by atoms with Gasteiger partial charge in [0.25, 0.3) is 0 Å². The number of hydrogen-bond donors (Lipinski definition) is 1. The third-order valence-corrected chi connectivity index (χ3v) is 3.07.